The van der Waals surface area contributed by atoms with Crippen molar-refractivity contribution in [2.24, 2.45) is 28.6 Å². The summed E-state index contributed by atoms with van der Waals surface area (Å²) < 4.78 is 103. The third-order valence-corrected chi connectivity index (χ3v) is 7.15. The van der Waals surface area contributed by atoms with Crippen molar-refractivity contribution in [3.8, 4) is 6.07 Å². The standard InChI is InChI=1S/C23H32F3N5O4/c1-21(2,3)16(30-20(35)23(24,25)26)19(34)31-10-13-14(22(13,4)5)15(31)18(33)29-12(9-27)8-11-6-7-28-17(11)32/h11-16H,6-8,10H2,1-5H3,(H,28,32)(H,29,33)(H,30,35)/t11-,12-,13-,14-,15-,16+/m0/s1/i1D2,2D3,3D3. The highest BCUT2D eigenvalue weighted by atomic mass is 19.4. The molecule has 0 bridgehead atoms. The Morgan fingerprint density at radius 2 is 2.00 bits per heavy atom. The predicted molar refractivity (Wildman–Crippen MR) is 117 cm³/mol. The Bertz CT molecular complexity index is 1190. The molecular formula is C23H32F3N5O4. The zero-order valence-corrected chi connectivity index (χ0v) is 19.0. The number of likely N-dealkylation sites (tertiary alicyclic amines) is 1. The van der Waals surface area contributed by atoms with E-state index in [2.05, 4.69) is 10.6 Å². The van der Waals surface area contributed by atoms with E-state index in [9.17, 15) is 37.6 Å². The van der Waals surface area contributed by atoms with Gasteiger partial charge < -0.3 is 20.9 Å². The molecule has 3 rings (SSSR count). The van der Waals surface area contributed by atoms with E-state index < -0.39 is 91.2 Å². The Hall–Kier alpha value is -2.84. The Morgan fingerprint density at radius 3 is 2.51 bits per heavy atom. The van der Waals surface area contributed by atoms with Gasteiger partial charge in [-0.3, -0.25) is 19.2 Å². The maximum Gasteiger partial charge on any atom is 0.471 e. The summed E-state index contributed by atoms with van der Waals surface area (Å²) in [5, 5.41) is 15.8. The van der Waals surface area contributed by atoms with Crippen LogP contribution < -0.4 is 16.0 Å². The minimum absolute atomic E-state index is 0.0862. The van der Waals surface area contributed by atoms with Gasteiger partial charge in [-0.05, 0) is 35.5 Å². The van der Waals surface area contributed by atoms with Crippen molar-refractivity contribution in [3.63, 3.8) is 0 Å². The maximum atomic E-state index is 14.0. The highest BCUT2D eigenvalue weighted by molar-refractivity contribution is 5.95. The molecule has 2 aliphatic heterocycles. The smallest absolute Gasteiger partial charge is 0.356 e. The van der Waals surface area contributed by atoms with Crippen LogP contribution in [0.1, 0.15) is 58.2 Å². The van der Waals surface area contributed by atoms with Gasteiger partial charge in [0.25, 0.3) is 0 Å². The van der Waals surface area contributed by atoms with Crippen LogP contribution in [0.3, 0.4) is 0 Å². The molecule has 9 nitrogen and oxygen atoms in total. The van der Waals surface area contributed by atoms with Gasteiger partial charge in [-0.1, -0.05) is 34.4 Å². The fourth-order valence-electron chi connectivity index (χ4n) is 5.12. The molecule has 1 saturated carbocycles. The van der Waals surface area contributed by atoms with Gasteiger partial charge >= 0.3 is 12.1 Å². The molecule has 0 unspecified atom stereocenters. The molecule has 0 aromatic heterocycles. The minimum atomic E-state index is -5.72. The molecule has 0 radical (unpaired) electrons. The number of alkyl halides is 3. The van der Waals surface area contributed by atoms with Crippen molar-refractivity contribution in [1.29, 1.82) is 5.26 Å². The summed E-state index contributed by atoms with van der Waals surface area (Å²) in [4.78, 5) is 52.2. The number of nitriles is 1. The van der Waals surface area contributed by atoms with Crippen LogP contribution >= 0.6 is 0 Å². The molecule has 2 heterocycles. The van der Waals surface area contributed by atoms with Gasteiger partial charge in [0.2, 0.25) is 17.7 Å². The SMILES string of the molecule is [2H]C([2H])C([C@H](NC(=O)C(F)(F)F)C(=O)N1C[C@H]2[C@@H]([C@H]1C(=O)N[C@H](C#N)C[C@@H]1CCNC1=O)C2(C)C)(C([2H])([2H])[2H])C([2H])([2H])[2H]. The molecule has 1 aliphatic carbocycles. The highest BCUT2D eigenvalue weighted by Crippen LogP contribution is 2.65. The van der Waals surface area contributed by atoms with E-state index in [1.807, 2.05) is 6.07 Å². The molecule has 3 aliphatic rings. The van der Waals surface area contributed by atoms with Crippen molar-refractivity contribution in [3.05, 3.63) is 0 Å². The van der Waals surface area contributed by atoms with Gasteiger partial charge in [0, 0.05) is 30.0 Å². The Kier molecular flexibility index (Phi) is 4.51. The Balaban J connectivity index is 2.07. The number of carbonyl (C=O) groups excluding carboxylic acids is 4. The van der Waals surface area contributed by atoms with Crippen LogP contribution in [0.15, 0.2) is 0 Å². The predicted octanol–water partition coefficient (Wildman–Crippen LogP) is 1.10. The van der Waals surface area contributed by atoms with Crippen molar-refractivity contribution in [1.82, 2.24) is 20.9 Å². The van der Waals surface area contributed by atoms with Crippen LogP contribution in [0.25, 0.3) is 0 Å². The lowest BCUT2D eigenvalue weighted by Gasteiger charge is -2.37. The van der Waals surface area contributed by atoms with E-state index in [0.717, 1.165) is 5.32 Å². The molecule has 4 amide bonds. The van der Waals surface area contributed by atoms with Crippen molar-refractivity contribution >= 4 is 23.6 Å². The lowest BCUT2D eigenvalue weighted by Crippen LogP contribution is -2.61. The second-order valence-corrected chi connectivity index (χ2v) is 9.86. The fourth-order valence-corrected chi connectivity index (χ4v) is 5.12. The summed E-state index contributed by atoms with van der Waals surface area (Å²) in [6.45, 7) is -7.43. The number of fused-ring (bicyclic) bond motifs is 1. The maximum absolute atomic E-state index is 14.0. The van der Waals surface area contributed by atoms with Crippen LogP contribution in [-0.2, 0) is 19.2 Å². The average Bonchev–Trinajstić information content (AvgIpc) is 3.19. The molecule has 3 N–H and O–H groups in total. The van der Waals surface area contributed by atoms with Crippen LogP contribution in [0.2, 0.25) is 0 Å². The summed E-state index contributed by atoms with van der Waals surface area (Å²) >= 11 is 0. The van der Waals surface area contributed by atoms with E-state index in [1.54, 1.807) is 13.8 Å². The first-order valence-electron chi connectivity index (χ1n) is 15.1. The molecule has 0 aromatic rings. The number of carbonyl (C=O) groups is 4. The summed E-state index contributed by atoms with van der Waals surface area (Å²) in [5.74, 6) is -7.57. The second-order valence-electron chi connectivity index (χ2n) is 9.86. The van der Waals surface area contributed by atoms with E-state index in [1.165, 1.54) is 0 Å². The van der Waals surface area contributed by atoms with Gasteiger partial charge in [-0.25, -0.2) is 0 Å². The van der Waals surface area contributed by atoms with E-state index in [0.29, 0.717) is 17.9 Å². The highest BCUT2D eigenvalue weighted by Gasteiger charge is 2.70. The minimum Gasteiger partial charge on any atom is -0.356 e. The first kappa shape index (κ1) is 17.6. The van der Waals surface area contributed by atoms with Crippen molar-refractivity contribution < 1.29 is 43.3 Å². The average molecular weight is 508 g/mol. The molecule has 2 saturated heterocycles. The lowest BCUT2D eigenvalue weighted by molar-refractivity contribution is -0.176. The number of rotatable bonds is 6. The number of nitrogens with one attached hydrogen (secondary N) is 3. The monoisotopic (exact) mass is 507 g/mol. The number of amides is 4. The van der Waals surface area contributed by atoms with Gasteiger partial charge in [0.05, 0.1) is 6.07 Å². The van der Waals surface area contributed by atoms with Crippen LogP contribution in [0.4, 0.5) is 13.2 Å². The molecule has 3 fully saturated rings. The molecule has 12 heteroatoms. The van der Waals surface area contributed by atoms with E-state index in [4.69, 9.17) is 11.0 Å². The van der Waals surface area contributed by atoms with E-state index in [-0.39, 0.29) is 18.9 Å². The Morgan fingerprint density at radius 1 is 1.31 bits per heavy atom. The number of hydrogen-bond acceptors (Lipinski definition) is 5. The van der Waals surface area contributed by atoms with Gasteiger partial charge in [-0.2, -0.15) is 18.4 Å². The quantitative estimate of drug-likeness (QED) is 0.496. The molecular weight excluding hydrogens is 467 g/mol. The normalized spacial score (nSPS) is 33.1. The first-order valence-corrected chi connectivity index (χ1v) is 10.9. The zero-order chi connectivity index (χ0) is 33.1. The summed E-state index contributed by atoms with van der Waals surface area (Å²) in [6.07, 6.45) is -5.41. The summed E-state index contributed by atoms with van der Waals surface area (Å²) in [5.41, 5.74) is -4.46. The van der Waals surface area contributed by atoms with Crippen LogP contribution in [0.5, 0.6) is 0 Å². The van der Waals surface area contributed by atoms with Crippen LogP contribution in [0, 0.1) is 39.9 Å². The topological polar surface area (TPSA) is 131 Å². The zero-order valence-electron chi connectivity index (χ0n) is 27.0. The molecule has 35 heavy (non-hydrogen) atoms. The van der Waals surface area contributed by atoms with Gasteiger partial charge in [0.15, 0.2) is 0 Å². The summed E-state index contributed by atoms with van der Waals surface area (Å²) in [7, 11) is 0. The number of nitrogens with zero attached hydrogens (tertiary/aromatic N) is 2. The van der Waals surface area contributed by atoms with Crippen molar-refractivity contribution in [2.45, 2.75) is 71.6 Å². The number of hydrogen-bond donors (Lipinski definition) is 3. The fraction of sp³-hybridized carbons (Fsp3) is 0.783. The largest absolute Gasteiger partial charge is 0.471 e. The molecule has 194 valence electrons. The molecule has 6 atom stereocenters. The Labute approximate surface area is 213 Å². The van der Waals surface area contributed by atoms with Crippen LogP contribution in [-0.4, -0.2) is 65.9 Å². The lowest BCUT2D eigenvalue weighted by atomic mass is 9.85. The molecule has 0 aromatic carbocycles. The van der Waals surface area contributed by atoms with Gasteiger partial charge in [0.1, 0.15) is 18.1 Å². The van der Waals surface area contributed by atoms with Crippen molar-refractivity contribution in [2.75, 3.05) is 13.1 Å². The number of halogens is 3. The third kappa shape index (κ3) is 5.23. The molecule has 0 spiro atoms. The van der Waals surface area contributed by atoms with E-state index >= 15 is 0 Å². The summed E-state index contributed by atoms with van der Waals surface area (Å²) in [6, 6.07) is -4.02. The number of piperidine rings is 1. The third-order valence-electron chi connectivity index (χ3n) is 7.15. The second kappa shape index (κ2) is 8.99. The van der Waals surface area contributed by atoms with Gasteiger partial charge in [-0.15, -0.1) is 0 Å². The first-order chi connectivity index (χ1) is 19.4.